The van der Waals surface area contributed by atoms with Crippen molar-refractivity contribution < 1.29 is 9.90 Å². The number of allylic oxidation sites excluding steroid dienone is 1. The highest BCUT2D eigenvalue weighted by atomic mass is 16.3. The van der Waals surface area contributed by atoms with Gasteiger partial charge in [-0.1, -0.05) is 42.5 Å². The lowest BCUT2D eigenvalue weighted by atomic mass is 10.1. The van der Waals surface area contributed by atoms with E-state index in [-0.39, 0.29) is 11.3 Å². The number of hydrogen-bond acceptors (Lipinski definition) is 3. The fraction of sp³-hybridized carbons (Fsp3) is 0.0588. The largest absolute Gasteiger partial charge is 0.511 e. The average Bonchev–Trinajstić information content (AvgIpc) is 2.49. The van der Waals surface area contributed by atoms with Gasteiger partial charge in [-0.2, -0.15) is 5.26 Å². The van der Waals surface area contributed by atoms with Gasteiger partial charge in [-0.05, 0) is 30.2 Å². The average molecular weight is 278 g/mol. The summed E-state index contributed by atoms with van der Waals surface area (Å²) >= 11 is 0. The highest BCUT2D eigenvalue weighted by Crippen LogP contribution is 2.21. The molecule has 2 aromatic rings. The summed E-state index contributed by atoms with van der Waals surface area (Å²) in [6.45, 7) is 1.30. The summed E-state index contributed by atoms with van der Waals surface area (Å²) in [4.78, 5) is 11.8. The number of benzene rings is 2. The first-order valence-corrected chi connectivity index (χ1v) is 6.38. The lowest BCUT2D eigenvalue weighted by molar-refractivity contribution is -0.112. The number of carbonyl (C=O) groups excluding carboxylic acids is 1. The van der Waals surface area contributed by atoms with Crippen molar-refractivity contribution >= 4 is 11.6 Å². The molecule has 104 valence electrons. The molecule has 0 aliphatic carbocycles. The van der Waals surface area contributed by atoms with Gasteiger partial charge in [0.25, 0.3) is 5.91 Å². The molecule has 1 amide bonds. The van der Waals surface area contributed by atoms with E-state index in [1.807, 2.05) is 42.5 Å². The van der Waals surface area contributed by atoms with Crippen LogP contribution < -0.4 is 5.32 Å². The van der Waals surface area contributed by atoms with Crippen LogP contribution in [0.3, 0.4) is 0 Å². The van der Waals surface area contributed by atoms with Crippen LogP contribution in [0, 0.1) is 11.3 Å². The van der Waals surface area contributed by atoms with Crippen molar-refractivity contribution in [3.63, 3.8) is 0 Å². The van der Waals surface area contributed by atoms with E-state index in [4.69, 9.17) is 5.26 Å². The molecular weight excluding hydrogens is 264 g/mol. The summed E-state index contributed by atoms with van der Waals surface area (Å²) < 4.78 is 0. The van der Waals surface area contributed by atoms with Crippen LogP contribution in [0.15, 0.2) is 65.9 Å². The van der Waals surface area contributed by atoms with Crippen molar-refractivity contribution in [2.75, 3.05) is 5.32 Å². The standard InChI is InChI=1S/C17H14N2O2/c1-12(20)16(11-18)17(21)19-15-9-7-14(8-10-15)13-5-3-2-4-6-13/h2-10,20H,1H3,(H,19,21)/b16-12-. The summed E-state index contributed by atoms with van der Waals surface area (Å²) in [6, 6.07) is 18.8. The summed E-state index contributed by atoms with van der Waals surface area (Å²) in [5.74, 6) is -0.916. The van der Waals surface area contributed by atoms with E-state index < -0.39 is 5.91 Å². The third-order valence-electron chi connectivity index (χ3n) is 2.95. The highest BCUT2D eigenvalue weighted by Gasteiger charge is 2.12. The van der Waals surface area contributed by atoms with Crippen LogP contribution in [0.2, 0.25) is 0 Å². The molecule has 2 aromatic carbocycles. The van der Waals surface area contributed by atoms with Crippen molar-refractivity contribution in [3.05, 3.63) is 65.9 Å². The molecule has 0 heterocycles. The first-order valence-electron chi connectivity index (χ1n) is 6.38. The molecule has 0 aliphatic heterocycles. The lowest BCUT2D eigenvalue weighted by Crippen LogP contribution is -2.14. The Morgan fingerprint density at radius 2 is 1.62 bits per heavy atom. The topological polar surface area (TPSA) is 73.1 Å². The maximum absolute atomic E-state index is 11.8. The number of hydrogen-bond donors (Lipinski definition) is 2. The van der Waals surface area contributed by atoms with Crippen molar-refractivity contribution in [2.45, 2.75) is 6.92 Å². The number of nitriles is 1. The SMILES string of the molecule is C/C(O)=C(\C#N)C(=O)Nc1ccc(-c2ccccc2)cc1. The van der Waals surface area contributed by atoms with E-state index in [2.05, 4.69) is 5.32 Å². The van der Waals surface area contributed by atoms with Crippen molar-refractivity contribution in [3.8, 4) is 17.2 Å². The zero-order valence-electron chi connectivity index (χ0n) is 11.5. The molecule has 0 radical (unpaired) electrons. The molecule has 0 spiro atoms. The predicted molar refractivity (Wildman–Crippen MR) is 81.4 cm³/mol. The number of aliphatic hydroxyl groups excluding tert-OH is 1. The Labute approximate surface area is 123 Å². The summed E-state index contributed by atoms with van der Waals surface area (Å²) in [6.07, 6.45) is 0. The molecule has 2 rings (SSSR count). The minimum Gasteiger partial charge on any atom is -0.511 e. The highest BCUT2D eigenvalue weighted by molar-refractivity contribution is 6.06. The second-order valence-corrected chi connectivity index (χ2v) is 4.47. The van der Waals surface area contributed by atoms with Gasteiger partial charge in [0.2, 0.25) is 0 Å². The van der Waals surface area contributed by atoms with Gasteiger partial charge in [-0.3, -0.25) is 4.79 Å². The summed E-state index contributed by atoms with van der Waals surface area (Å²) in [7, 11) is 0. The zero-order chi connectivity index (χ0) is 15.2. The van der Waals surface area contributed by atoms with Gasteiger partial charge in [0, 0.05) is 5.69 Å². The van der Waals surface area contributed by atoms with Crippen LogP contribution >= 0.6 is 0 Å². The number of rotatable bonds is 3. The number of nitrogens with zero attached hydrogens (tertiary/aromatic N) is 1. The Balaban J connectivity index is 2.16. The maximum Gasteiger partial charge on any atom is 0.269 e. The van der Waals surface area contributed by atoms with E-state index in [0.29, 0.717) is 5.69 Å². The van der Waals surface area contributed by atoms with Crippen molar-refractivity contribution in [2.24, 2.45) is 0 Å². The molecular formula is C17H14N2O2. The van der Waals surface area contributed by atoms with Crippen LogP contribution in [0.5, 0.6) is 0 Å². The lowest BCUT2D eigenvalue weighted by Gasteiger charge is -2.06. The first kappa shape index (κ1) is 14.4. The van der Waals surface area contributed by atoms with Crippen LogP contribution in [-0.2, 0) is 4.79 Å². The van der Waals surface area contributed by atoms with E-state index in [1.165, 1.54) is 6.92 Å². The molecule has 4 nitrogen and oxygen atoms in total. The molecule has 2 N–H and O–H groups in total. The number of carbonyl (C=O) groups is 1. The van der Waals surface area contributed by atoms with Crippen LogP contribution in [0.4, 0.5) is 5.69 Å². The van der Waals surface area contributed by atoms with Crippen LogP contribution in [0.25, 0.3) is 11.1 Å². The molecule has 0 saturated carbocycles. The smallest absolute Gasteiger partial charge is 0.269 e. The number of nitrogens with one attached hydrogen (secondary N) is 1. The fourth-order valence-corrected chi connectivity index (χ4v) is 1.87. The van der Waals surface area contributed by atoms with E-state index >= 15 is 0 Å². The molecule has 0 atom stereocenters. The van der Waals surface area contributed by atoms with E-state index in [1.54, 1.807) is 18.2 Å². The quantitative estimate of drug-likeness (QED) is 0.511. The second-order valence-electron chi connectivity index (χ2n) is 4.47. The summed E-state index contributed by atoms with van der Waals surface area (Å²) in [5.41, 5.74) is 2.39. The van der Waals surface area contributed by atoms with Gasteiger partial charge in [0.05, 0.1) is 0 Å². The molecule has 0 unspecified atom stereocenters. The van der Waals surface area contributed by atoms with E-state index in [0.717, 1.165) is 11.1 Å². The minimum absolute atomic E-state index is 0.290. The Hall–Kier alpha value is -3.06. The normalized spacial score (nSPS) is 11.2. The molecule has 0 bridgehead atoms. The molecule has 0 aliphatic rings. The molecule has 21 heavy (non-hydrogen) atoms. The third kappa shape index (κ3) is 3.48. The Bertz CT molecular complexity index is 707. The monoisotopic (exact) mass is 278 g/mol. The Kier molecular flexibility index (Phi) is 4.37. The Morgan fingerprint density at radius 1 is 1.05 bits per heavy atom. The first-order chi connectivity index (χ1) is 10.1. The maximum atomic E-state index is 11.8. The van der Waals surface area contributed by atoms with Gasteiger partial charge in [-0.25, -0.2) is 0 Å². The molecule has 0 fully saturated rings. The summed E-state index contributed by atoms with van der Waals surface area (Å²) in [5, 5.41) is 20.6. The van der Waals surface area contributed by atoms with Gasteiger partial charge in [0.15, 0.2) is 5.57 Å². The van der Waals surface area contributed by atoms with Gasteiger partial charge >= 0.3 is 0 Å². The van der Waals surface area contributed by atoms with Gasteiger partial charge in [0.1, 0.15) is 11.8 Å². The van der Waals surface area contributed by atoms with Crippen molar-refractivity contribution in [1.82, 2.24) is 0 Å². The second kappa shape index (κ2) is 6.40. The fourth-order valence-electron chi connectivity index (χ4n) is 1.87. The van der Waals surface area contributed by atoms with Gasteiger partial charge < -0.3 is 10.4 Å². The van der Waals surface area contributed by atoms with Crippen LogP contribution in [-0.4, -0.2) is 11.0 Å². The van der Waals surface area contributed by atoms with Gasteiger partial charge in [-0.15, -0.1) is 0 Å². The van der Waals surface area contributed by atoms with Crippen LogP contribution in [0.1, 0.15) is 6.92 Å². The molecule has 0 saturated heterocycles. The number of anilines is 1. The third-order valence-corrected chi connectivity index (χ3v) is 2.95. The predicted octanol–water partition coefficient (Wildman–Crippen LogP) is 3.65. The van der Waals surface area contributed by atoms with E-state index in [9.17, 15) is 9.90 Å². The zero-order valence-corrected chi connectivity index (χ0v) is 11.5. The minimum atomic E-state index is -0.620. The molecule has 0 aromatic heterocycles. The van der Waals surface area contributed by atoms with Crippen molar-refractivity contribution in [1.29, 1.82) is 5.26 Å². The number of aliphatic hydroxyl groups is 1. The number of amides is 1. The molecule has 4 heteroatoms. The Morgan fingerprint density at radius 3 is 2.14 bits per heavy atom.